The maximum atomic E-state index is 13.6. The summed E-state index contributed by atoms with van der Waals surface area (Å²) < 4.78 is 27.3. The van der Waals surface area contributed by atoms with E-state index in [1.807, 2.05) is 0 Å². The molecule has 3 N–H and O–H groups in total. The lowest BCUT2D eigenvalue weighted by Crippen LogP contribution is -2.35. The predicted octanol–water partition coefficient (Wildman–Crippen LogP) is 1.19. The van der Waals surface area contributed by atoms with Crippen LogP contribution >= 0.6 is 12.4 Å². The minimum atomic E-state index is -0.592. The number of rotatable bonds is 4. The molecule has 3 rings (SSSR count). The van der Waals surface area contributed by atoms with Crippen LogP contribution in [0, 0.1) is 23.5 Å². The molecule has 0 bridgehead atoms. The van der Waals surface area contributed by atoms with E-state index in [1.54, 1.807) is 0 Å². The number of amides is 1. The van der Waals surface area contributed by atoms with Gasteiger partial charge in [0.05, 0.1) is 6.10 Å². The molecule has 1 aromatic carbocycles. The van der Waals surface area contributed by atoms with Crippen molar-refractivity contribution in [3.8, 4) is 0 Å². The molecule has 1 aliphatic heterocycles. The molecule has 22 heavy (non-hydrogen) atoms. The quantitative estimate of drug-likeness (QED) is 0.776. The number of benzene rings is 1. The summed E-state index contributed by atoms with van der Waals surface area (Å²) in [6.07, 6.45) is 0.0131. The van der Waals surface area contributed by atoms with Crippen LogP contribution in [0.3, 0.4) is 0 Å². The number of β-amino-alcohol motifs (C(OH)–C–C–N with tert-alkyl or cyclic N) is 1. The molecule has 1 amide bonds. The van der Waals surface area contributed by atoms with Gasteiger partial charge in [-0.3, -0.25) is 4.79 Å². The Morgan fingerprint density at radius 3 is 2.59 bits per heavy atom. The van der Waals surface area contributed by atoms with Crippen LogP contribution < -0.4 is 10.6 Å². The van der Waals surface area contributed by atoms with E-state index in [2.05, 4.69) is 10.6 Å². The summed E-state index contributed by atoms with van der Waals surface area (Å²) in [5.74, 6) is -2.13. The maximum absolute atomic E-state index is 13.6. The lowest BCUT2D eigenvalue weighted by Gasteiger charge is -2.14. The van der Waals surface area contributed by atoms with E-state index < -0.39 is 17.7 Å². The minimum absolute atomic E-state index is 0. The van der Waals surface area contributed by atoms with E-state index in [4.69, 9.17) is 0 Å². The summed E-state index contributed by atoms with van der Waals surface area (Å²) in [5.41, 5.74) is 0.0141. The van der Waals surface area contributed by atoms with Crippen molar-refractivity contribution in [3.05, 3.63) is 35.4 Å². The first-order valence-electron chi connectivity index (χ1n) is 7.18. The molecule has 7 heteroatoms. The molecule has 122 valence electrons. The second-order valence-corrected chi connectivity index (χ2v) is 5.81. The molecule has 4 nitrogen and oxygen atoms in total. The molecule has 4 unspecified atom stereocenters. The van der Waals surface area contributed by atoms with Crippen molar-refractivity contribution in [1.82, 2.24) is 10.6 Å². The fraction of sp³-hybridized carbons (Fsp3) is 0.533. The molecule has 0 aromatic heterocycles. The molecule has 1 saturated carbocycles. The van der Waals surface area contributed by atoms with Gasteiger partial charge in [-0.05, 0) is 18.6 Å². The van der Waals surface area contributed by atoms with Gasteiger partial charge in [-0.1, -0.05) is 6.07 Å². The molecule has 1 aliphatic carbocycles. The van der Waals surface area contributed by atoms with Crippen molar-refractivity contribution in [3.63, 3.8) is 0 Å². The number of nitrogens with one attached hydrogen (secondary N) is 2. The Labute approximate surface area is 133 Å². The van der Waals surface area contributed by atoms with Crippen LogP contribution in [-0.2, 0) is 4.79 Å². The lowest BCUT2D eigenvalue weighted by atomic mass is 10.1. The average molecular weight is 333 g/mol. The zero-order chi connectivity index (χ0) is 15.0. The summed E-state index contributed by atoms with van der Waals surface area (Å²) >= 11 is 0. The average Bonchev–Trinajstić information content (AvgIpc) is 3.12. The van der Waals surface area contributed by atoms with E-state index in [1.165, 1.54) is 18.2 Å². The smallest absolute Gasteiger partial charge is 0.223 e. The second-order valence-electron chi connectivity index (χ2n) is 5.81. The Bertz CT molecular complexity index is 538. The van der Waals surface area contributed by atoms with Gasteiger partial charge in [0.2, 0.25) is 5.91 Å². The van der Waals surface area contributed by atoms with Gasteiger partial charge in [0, 0.05) is 43.0 Å². The Morgan fingerprint density at radius 2 is 2.00 bits per heavy atom. The number of hydrogen-bond donors (Lipinski definition) is 3. The highest BCUT2D eigenvalue weighted by Gasteiger charge is 2.46. The van der Waals surface area contributed by atoms with E-state index in [0.717, 1.165) is 0 Å². The Kier molecular flexibility index (Phi) is 5.36. The normalized spacial score (nSPS) is 29.8. The van der Waals surface area contributed by atoms with E-state index in [-0.39, 0.29) is 41.6 Å². The molecule has 0 spiro atoms. The summed E-state index contributed by atoms with van der Waals surface area (Å²) in [6.45, 7) is 1.58. The first-order chi connectivity index (χ1) is 10.1. The number of aliphatic hydroxyl groups excluding tert-OH is 1. The van der Waals surface area contributed by atoms with E-state index >= 15 is 0 Å². The van der Waals surface area contributed by atoms with Gasteiger partial charge < -0.3 is 15.7 Å². The fourth-order valence-corrected chi connectivity index (χ4v) is 2.96. The Morgan fingerprint density at radius 1 is 1.32 bits per heavy atom. The molecule has 1 heterocycles. The SMILES string of the molecule is Cl.O=C(NCC1CNCC1O)C1CC1c1c(F)cccc1F. The van der Waals surface area contributed by atoms with Crippen molar-refractivity contribution in [2.75, 3.05) is 19.6 Å². The second kappa shape index (κ2) is 6.89. The summed E-state index contributed by atoms with van der Waals surface area (Å²) in [5, 5.41) is 15.5. The van der Waals surface area contributed by atoms with Gasteiger partial charge in [-0.2, -0.15) is 0 Å². The molecule has 1 saturated heterocycles. The van der Waals surface area contributed by atoms with Crippen LogP contribution in [0.1, 0.15) is 17.9 Å². The monoisotopic (exact) mass is 332 g/mol. The third kappa shape index (κ3) is 3.39. The standard InChI is InChI=1S/C15H18F2N2O2.ClH/c16-11-2-1-3-12(17)14(11)9-4-10(9)15(21)19-6-8-5-18-7-13(8)20;/h1-3,8-10,13,18,20H,4-7H2,(H,19,21);1H. The molecule has 1 aromatic rings. The molecular formula is C15H19ClF2N2O2. The van der Waals surface area contributed by atoms with Crippen LogP contribution in [0.4, 0.5) is 8.78 Å². The number of carbonyl (C=O) groups excluding carboxylic acids is 1. The largest absolute Gasteiger partial charge is 0.391 e. The molecule has 4 atom stereocenters. The number of halogens is 3. The maximum Gasteiger partial charge on any atom is 0.223 e. The van der Waals surface area contributed by atoms with Crippen LogP contribution in [0.25, 0.3) is 0 Å². The topological polar surface area (TPSA) is 61.4 Å². The van der Waals surface area contributed by atoms with Gasteiger partial charge in [-0.25, -0.2) is 8.78 Å². The third-order valence-corrected chi connectivity index (χ3v) is 4.34. The van der Waals surface area contributed by atoms with Gasteiger partial charge in [0.1, 0.15) is 11.6 Å². The summed E-state index contributed by atoms with van der Waals surface area (Å²) in [7, 11) is 0. The molecular weight excluding hydrogens is 314 g/mol. The van der Waals surface area contributed by atoms with Gasteiger partial charge >= 0.3 is 0 Å². The fourth-order valence-electron chi connectivity index (χ4n) is 2.96. The molecule has 2 fully saturated rings. The molecule has 2 aliphatic rings. The highest BCUT2D eigenvalue weighted by atomic mass is 35.5. The predicted molar refractivity (Wildman–Crippen MR) is 79.8 cm³/mol. The first kappa shape index (κ1) is 17.1. The number of aliphatic hydroxyl groups is 1. The van der Waals surface area contributed by atoms with Crippen LogP contribution in [-0.4, -0.2) is 36.8 Å². The highest BCUT2D eigenvalue weighted by molar-refractivity contribution is 5.85. The van der Waals surface area contributed by atoms with E-state index in [9.17, 15) is 18.7 Å². The van der Waals surface area contributed by atoms with Gasteiger partial charge in [-0.15, -0.1) is 12.4 Å². The Balaban J connectivity index is 0.00000176. The van der Waals surface area contributed by atoms with E-state index in [0.29, 0.717) is 26.1 Å². The van der Waals surface area contributed by atoms with Crippen molar-refractivity contribution in [1.29, 1.82) is 0 Å². The van der Waals surface area contributed by atoms with Crippen molar-refractivity contribution in [2.45, 2.75) is 18.4 Å². The number of hydrogen-bond acceptors (Lipinski definition) is 3. The summed E-state index contributed by atoms with van der Waals surface area (Å²) in [4.78, 5) is 12.0. The summed E-state index contributed by atoms with van der Waals surface area (Å²) in [6, 6.07) is 3.75. The first-order valence-corrected chi connectivity index (χ1v) is 7.18. The highest BCUT2D eigenvalue weighted by Crippen LogP contribution is 2.49. The lowest BCUT2D eigenvalue weighted by molar-refractivity contribution is -0.122. The van der Waals surface area contributed by atoms with Gasteiger partial charge in [0.15, 0.2) is 0 Å². The van der Waals surface area contributed by atoms with Crippen LogP contribution in [0.2, 0.25) is 0 Å². The van der Waals surface area contributed by atoms with Crippen LogP contribution in [0.5, 0.6) is 0 Å². The number of carbonyl (C=O) groups is 1. The zero-order valence-electron chi connectivity index (χ0n) is 11.9. The van der Waals surface area contributed by atoms with Crippen molar-refractivity contribution in [2.24, 2.45) is 11.8 Å². The van der Waals surface area contributed by atoms with Crippen molar-refractivity contribution < 1.29 is 18.7 Å². The third-order valence-electron chi connectivity index (χ3n) is 4.34. The van der Waals surface area contributed by atoms with Crippen LogP contribution in [0.15, 0.2) is 18.2 Å². The Hall–Kier alpha value is -1.24. The van der Waals surface area contributed by atoms with Crippen molar-refractivity contribution >= 4 is 18.3 Å². The zero-order valence-corrected chi connectivity index (χ0v) is 12.7. The van der Waals surface area contributed by atoms with Gasteiger partial charge in [0.25, 0.3) is 0 Å². The minimum Gasteiger partial charge on any atom is -0.391 e. The molecule has 0 radical (unpaired) electrons.